The molecule has 2 fully saturated rings. The average Bonchev–Trinajstić information content (AvgIpc) is 3.39. The highest BCUT2D eigenvalue weighted by Gasteiger charge is 2.30. The maximum Gasteiger partial charge on any atom is 0.259 e. The molecule has 0 spiro atoms. The minimum Gasteiger partial charge on any atom is -0.473 e. The van der Waals surface area contributed by atoms with E-state index in [1.54, 1.807) is 6.20 Å². The van der Waals surface area contributed by atoms with Crippen molar-refractivity contribution in [3.05, 3.63) is 95.7 Å². The van der Waals surface area contributed by atoms with Gasteiger partial charge in [-0.05, 0) is 35.4 Å². The minimum atomic E-state index is 0.0133. The summed E-state index contributed by atoms with van der Waals surface area (Å²) in [6, 6.07) is 25.1. The number of carbonyl (C=O) groups is 1. The number of rotatable bonds is 6. The highest BCUT2D eigenvalue weighted by atomic mass is 32.2. The second-order valence-corrected chi connectivity index (χ2v) is 9.66. The largest absolute Gasteiger partial charge is 0.473 e. The molecule has 3 aromatic rings. The van der Waals surface area contributed by atoms with Crippen LogP contribution in [0.5, 0.6) is 5.88 Å². The molecule has 6 heteroatoms. The van der Waals surface area contributed by atoms with Gasteiger partial charge in [0, 0.05) is 38.1 Å². The molecule has 0 saturated carbocycles. The van der Waals surface area contributed by atoms with Crippen LogP contribution in [0.3, 0.4) is 0 Å². The van der Waals surface area contributed by atoms with E-state index in [0.717, 1.165) is 31.0 Å². The number of nitrogens with zero attached hydrogens (tertiary/aromatic N) is 3. The first-order valence-electron chi connectivity index (χ1n) is 11.6. The van der Waals surface area contributed by atoms with E-state index in [-0.39, 0.29) is 18.1 Å². The van der Waals surface area contributed by atoms with Crippen molar-refractivity contribution in [2.75, 3.05) is 37.7 Å². The Kier molecular flexibility index (Phi) is 6.93. The first-order chi connectivity index (χ1) is 16.3. The predicted octanol–water partition coefficient (Wildman–Crippen LogP) is 4.51. The monoisotopic (exact) mass is 459 g/mol. The number of hydrogen-bond acceptors (Lipinski definition) is 5. The van der Waals surface area contributed by atoms with Crippen LogP contribution in [0.2, 0.25) is 0 Å². The van der Waals surface area contributed by atoms with E-state index in [9.17, 15) is 4.79 Å². The number of benzene rings is 2. The smallest absolute Gasteiger partial charge is 0.259 e. The fourth-order valence-electron chi connectivity index (χ4n) is 4.65. The first kappa shape index (κ1) is 22.0. The zero-order chi connectivity index (χ0) is 22.5. The molecule has 0 aliphatic carbocycles. The van der Waals surface area contributed by atoms with Crippen molar-refractivity contribution in [1.82, 2.24) is 14.8 Å². The average molecular weight is 460 g/mol. The first-order valence-corrected chi connectivity index (χ1v) is 12.8. The van der Waals surface area contributed by atoms with Gasteiger partial charge in [-0.2, -0.15) is 11.8 Å². The Morgan fingerprint density at radius 3 is 2.18 bits per heavy atom. The number of thioether (sulfide) groups is 1. The summed E-state index contributed by atoms with van der Waals surface area (Å²) in [7, 11) is 0. The van der Waals surface area contributed by atoms with Gasteiger partial charge < -0.3 is 9.64 Å². The highest BCUT2D eigenvalue weighted by Crippen LogP contribution is 2.30. The van der Waals surface area contributed by atoms with E-state index < -0.39 is 0 Å². The molecular weight excluding hydrogens is 430 g/mol. The van der Waals surface area contributed by atoms with Gasteiger partial charge in [0.15, 0.2) is 0 Å². The summed E-state index contributed by atoms with van der Waals surface area (Å²) in [6.45, 7) is 3.00. The third kappa shape index (κ3) is 5.07. The van der Waals surface area contributed by atoms with E-state index in [1.165, 1.54) is 11.1 Å². The van der Waals surface area contributed by atoms with Crippen molar-refractivity contribution < 1.29 is 9.53 Å². The molecule has 1 aromatic heterocycles. The lowest BCUT2D eigenvalue weighted by molar-refractivity contribution is 0.0590. The Morgan fingerprint density at radius 1 is 0.909 bits per heavy atom. The maximum absolute atomic E-state index is 13.4. The molecule has 3 heterocycles. The quantitative estimate of drug-likeness (QED) is 0.543. The molecule has 2 aromatic carbocycles. The number of ether oxygens (including phenoxy) is 1. The van der Waals surface area contributed by atoms with Gasteiger partial charge in [0.1, 0.15) is 11.7 Å². The van der Waals surface area contributed by atoms with Gasteiger partial charge >= 0.3 is 0 Å². The molecule has 33 heavy (non-hydrogen) atoms. The third-order valence-corrected chi connectivity index (χ3v) is 7.50. The van der Waals surface area contributed by atoms with Gasteiger partial charge in [-0.1, -0.05) is 60.7 Å². The summed E-state index contributed by atoms with van der Waals surface area (Å²) in [5, 5.41) is 0. The fraction of sp³-hybridized carbons (Fsp3) is 0.333. The van der Waals surface area contributed by atoms with Crippen molar-refractivity contribution in [1.29, 1.82) is 0 Å². The van der Waals surface area contributed by atoms with Crippen molar-refractivity contribution in [3.8, 4) is 5.88 Å². The van der Waals surface area contributed by atoms with E-state index in [1.807, 2.05) is 28.8 Å². The number of amides is 1. The topological polar surface area (TPSA) is 45.7 Å². The molecule has 1 atom stereocenters. The predicted molar refractivity (Wildman–Crippen MR) is 133 cm³/mol. The van der Waals surface area contributed by atoms with Crippen LogP contribution < -0.4 is 4.74 Å². The van der Waals surface area contributed by atoms with Crippen LogP contribution in [0.1, 0.15) is 33.9 Å². The minimum absolute atomic E-state index is 0.0133. The Bertz CT molecular complexity index is 1010. The molecule has 5 rings (SSSR count). The summed E-state index contributed by atoms with van der Waals surface area (Å²) < 4.78 is 6.10. The lowest BCUT2D eigenvalue weighted by atomic mass is 9.96. The molecule has 2 saturated heterocycles. The van der Waals surface area contributed by atoms with Crippen molar-refractivity contribution >= 4 is 17.7 Å². The highest BCUT2D eigenvalue weighted by molar-refractivity contribution is 7.99. The molecule has 170 valence electrons. The van der Waals surface area contributed by atoms with Crippen LogP contribution in [0, 0.1) is 0 Å². The van der Waals surface area contributed by atoms with Crippen LogP contribution in [0.4, 0.5) is 0 Å². The molecule has 1 amide bonds. The number of pyridine rings is 1. The lowest BCUT2D eigenvalue weighted by Gasteiger charge is -2.40. The Balaban J connectivity index is 1.30. The number of hydrogen-bond donors (Lipinski definition) is 0. The molecule has 0 N–H and O–H groups in total. The van der Waals surface area contributed by atoms with Gasteiger partial charge in [0.2, 0.25) is 5.88 Å². The SMILES string of the molecule is O=C(c1cccnc1OC1CCSC1)N1CCN(C(c2ccccc2)c2ccccc2)CC1. The molecule has 1 unspecified atom stereocenters. The van der Waals surface area contributed by atoms with Crippen molar-refractivity contribution in [2.45, 2.75) is 18.6 Å². The zero-order valence-electron chi connectivity index (χ0n) is 18.7. The van der Waals surface area contributed by atoms with Gasteiger partial charge in [-0.3, -0.25) is 9.69 Å². The van der Waals surface area contributed by atoms with Gasteiger partial charge in [0.05, 0.1) is 6.04 Å². The zero-order valence-corrected chi connectivity index (χ0v) is 19.5. The lowest BCUT2D eigenvalue weighted by Crippen LogP contribution is -2.50. The molecule has 2 aliphatic heterocycles. The summed E-state index contributed by atoms with van der Waals surface area (Å²) in [4.78, 5) is 22.2. The summed E-state index contributed by atoms with van der Waals surface area (Å²) in [5.74, 6) is 2.55. The molecule has 0 bridgehead atoms. The van der Waals surface area contributed by atoms with Crippen molar-refractivity contribution in [3.63, 3.8) is 0 Å². The van der Waals surface area contributed by atoms with Gasteiger partial charge in [-0.15, -0.1) is 0 Å². The summed E-state index contributed by atoms with van der Waals surface area (Å²) in [6.07, 6.45) is 2.86. The summed E-state index contributed by atoms with van der Waals surface area (Å²) in [5.41, 5.74) is 3.13. The standard InChI is InChI=1S/C27H29N3O2S/c31-27(24-12-7-14-28-26(24)32-23-13-19-33-20-23)30-17-15-29(16-18-30)25(21-8-3-1-4-9-21)22-10-5-2-6-11-22/h1-12,14,23,25H,13,15-20H2. The molecule has 2 aliphatic rings. The van der Waals surface area contributed by atoms with Gasteiger partial charge in [-0.25, -0.2) is 4.98 Å². The maximum atomic E-state index is 13.4. The van der Waals surface area contributed by atoms with Crippen LogP contribution in [0.15, 0.2) is 79.0 Å². The normalized spacial score (nSPS) is 19.1. The summed E-state index contributed by atoms with van der Waals surface area (Å²) >= 11 is 1.89. The van der Waals surface area contributed by atoms with Gasteiger partial charge in [0.25, 0.3) is 5.91 Å². The second-order valence-electron chi connectivity index (χ2n) is 8.51. The Hall–Kier alpha value is -2.83. The molecule has 5 nitrogen and oxygen atoms in total. The Labute approximate surface area is 199 Å². The molecule has 0 radical (unpaired) electrons. The van der Waals surface area contributed by atoms with E-state index >= 15 is 0 Å². The van der Waals surface area contributed by atoms with Crippen LogP contribution in [-0.2, 0) is 0 Å². The number of piperazine rings is 1. The third-order valence-electron chi connectivity index (χ3n) is 6.37. The number of aromatic nitrogens is 1. The van der Waals surface area contributed by atoms with E-state index in [4.69, 9.17) is 4.74 Å². The van der Waals surface area contributed by atoms with Crippen LogP contribution >= 0.6 is 11.8 Å². The van der Waals surface area contributed by atoms with Crippen LogP contribution in [0.25, 0.3) is 0 Å². The number of carbonyl (C=O) groups excluding carboxylic acids is 1. The second kappa shape index (κ2) is 10.4. The fourth-order valence-corrected chi connectivity index (χ4v) is 5.74. The van der Waals surface area contributed by atoms with E-state index in [0.29, 0.717) is 24.5 Å². The Morgan fingerprint density at radius 2 is 1.58 bits per heavy atom. The van der Waals surface area contributed by atoms with Crippen molar-refractivity contribution in [2.24, 2.45) is 0 Å². The molecular formula is C27H29N3O2S. The van der Waals surface area contributed by atoms with E-state index in [2.05, 4.69) is 70.5 Å². The van der Waals surface area contributed by atoms with Crippen LogP contribution in [-0.4, -0.2) is 64.5 Å².